The van der Waals surface area contributed by atoms with Crippen molar-refractivity contribution in [1.82, 2.24) is 10.2 Å². The number of nitrogens with zero attached hydrogens (tertiary/aromatic N) is 2. The van der Waals surface area contributed by atoms with Crippen molar-refractivity contribution in [1.29, 1.82) is 0 Å². The average Bonchev–Trinajstić information content (AvgIpc) is 2.76. The molecule has 0 saturated carbocycles. The zero-order valence-corrected chi connectivity index (χ0v) is 21.0. The second-order valence-corrected chi connectivity index (χ2v) is 6.63. The minimum atomic E-state index is 0. The summed E-state index contributed by atoms with van der Waals surface area (Å²) in [5.74, 6) is 2.12. The van der Waals surface area contributed by atoms with Crippen molar-refractivity contribution in [3.63, 3.8) is 0 Å². The van der Waals surface area contributed by atoms with E-state index in [2.05, 4.69) is 58.6 Å². The number of aliphatic imine (C=N–C) groups is 1. The first-order valence-electron chi connectivity index (χ1n) is 10.2. The molecule has 0 aliphatic rings. The Morgan fingerprint density at radius 2 is 1.73 bits per heavy atom. The third-order valence-electron chi connectivity index (χ3n) is 4.70. The number of hydrogen-bond acceptors (Lipinski definition) is 4. The standard InChI is InChI=1S/C23H34N4O2.HI/c1-6-27(7-2)17-19-11-9-10-18(14-19)16-25-23(24-4)26-20-12-13-21(29-8-3)22(15-20)28-5;/h9-15H,6-8,16-17H2,1-5H3,(H2,24,25,26);1H. The predicted molar refractivity (Wildman–Crippen MR) is 136 cm³/mol. The number of ether oxygens (including phenoxy) is 2. The second-order valence-electron chi connectivity index (χ2n) is 6.63. The van der Waals surface area contributed by atoms with Crippen molar-refractivity contribution < 1.29 is 9.47 Å². The summed E-state index contributed by atoms with van der Waals surface area (Å²) < 4.78 is 11.0. The van der Waals surface area contributed by atoms with E-state index < -0.39 is 0 Å². The summed E-state index contributed by atoms with van der Waals surface area (Å²) in [4.78, 5) is 6.73. The zero-order valence-electron chi connectivity index (χ0n) is 18.7. The van der Waals surface area contributed by atoms with Crippen LogP contribution in [-0.4, -0.2) is 44.7 Å². The van der Waals surface area contributed by atoms with E-state index in [9.17, 15) is 0 Å². The monoisotopic (exact) mass is 526 g/mol. The maximum absolute atomic E-state index is 5.57. The number of anilines is 1. The first-order chi connectivity index (χ1) is 14.1. The van der Waals surface area contributed by atoms with Gasteiger partial charge in [0.25, 0.3) is 0 Å². The van der Waals surface area contributed by atoms with Gasteiger partial charge in [-0.1, -0.05) is 38.1 Å². The van der Waals surface area contributed by atoms with Gasteiger partial charge in [-0.05, 0) is 43.3 Å². The van der Waals surface area contributed by atoms with Crippen LogP contribution in [0.5, 0.6) is 11.5 Å². The van der Waals surface area contributed by atoms with Crippen molar-refractivity contribution in [2.45, 2.75) is 33.9 Å². The maximum atomic E-state index is 5.57. The van der Waals surface area contributed by atoms with E-state index >= 15 is 0 Å². The van der Waals surface area contributed by atoms with Crippen LogP contribution in [0.25, 0.3) is 0 Å². The van der Waals surface area contributed by atoms with Crippen molar-refractivity contribution in [2.75, 3.05) is 39.2 Å². The summed E-state index contributed by atoms with van der Waals surface area (Å²) >= 11 is 0. The number of rotatable bonds is 10. The molecule has 0 unspecified atom stereocenters. The lowest BCUT2D eigenvalue weighted by Crippen LogP contribution is -2.30. The van der Waals surface area contributed by atoms with E-state index in [0.717, 1.165) is 31.1 Å². The second kappa shape index (κ2) is 14.1. The lowest BCUT2D eigenvalue weighted by molar-refractivity contribution is 0.296. The SMILES string of the molecule is CCOc1ccc(NC(=NC)NCc2cccc(CN(CC)CC)c2)cc1OC.I. The molecular formula is C23H35IN4O2. The van der Waals surface area contributed by atoms with Crippen LogP contribution in [0.4, 0.5) is 5.69 Å². The summed E-state index contributed by atoms with van der Waals surface area (Å²) in [5.41, 5.74) is 3.43. The molecule has 166 valence electrons. The molecule has 0 spiro atoms. The highest BCUT2D eigenvalue weighted by Crippen LogP contribution is 2.30. The Morgan fingerprint density at radius 1 is 1.00 bits per heavy atom. The molecule has 7 heteroatoms. The fourth-order valence-corrected chi connectivity index (χ4v) is 3.07. The molecule has 2 aromatic carbocycles. The van der Waals surface area contributed by atoms with Crippen LogP contribution in [0.2, 0.25) is 0 Å². The van der Waals surface area contributed by atoms with Crippen molar-refractivity contribution >= 4 is 35.6 Å². The normalized spacial score (nSPS) is 11.1. The van der Waals surface area contributed by atoms with E-state index in [1.165, 1.54) is 11.1 Å². The lowest BCUT2D eigenvalue weighted by Gasteiger charge is -2.18. The fraction of sp³-hybridized carbons (Fsp3) is 0.435. The number of nitrogens with one attached hydrogen (secondary N) is 2. The minimum absolute atomic E-state index is 0. The van der Waals surface area contributed by atoms with Crippen molar-refractivity contribution in [2.24, 2.45) is 4.99 Å². The topological polar surface area (TPSA) is 58.1 Å². The van der Waals surface area contributed by atoms with Gasteiger partial charge in [-0.3, -0.25) is 9.89 Å². The van der Waals surface area contributed by atoms with Gasteiger partial charge in [-0.2, -0.15) is 0 Å². The quantitative estimate of drug-likeness (QED) is 0.266. The van der Waals surface area contributed by atoms with Crippen LogP contribution in [0.3, 0.4) is 0 Å². The Morgan fingerprint density at radius 3 is 2.37 bits per heavy atom. The summed E-state index contributed by atoms with van der Waals surface area (Å²) in [7, 11) is 3.40. The molecule has 6 nitrogen and oxygen atoms in total. The van der Waals surface area contributed by atoms with Crippen molar-refractivity contribution in [3.05, 3.63) is 53.6 Å². The maximum Gasteiger partial charge on any atom is 0.195 e. The molecule has 30 heavy (non-hydrogen) atoms. The third-order valence-corrected chi connectivity index (χ3v) is 4.70. The molecule has 0 heterocycles. The molecule has 0 aliphatic heterocycles. The van der Waals surface area contributed by atoms with E-state index in [0.29, 0.717) is 24.9 Å². The van der Waals surface area contributed by atoms with Crippen LogP contribution in [0.15, 0.2) is 47.5 Å². The minimum Gasteiger partial charge on any atom is -0.493 e. The molecule has 0 radical (unpaired) electrons. The van der Waals surface area contributed by atoms with Gasteiger partial charge >= 0.3 is 0 Å². The molecule has 0 amide bonds. The number of guanidine groups is 1. The first kappa shape index (κ1) is 26.0. The Labute approximate surface area is 198 Å². The molecular weight excluding hydrogens is 491 g/mol. The molecule has 0 saturated heterocycles. The van der Waals surface area contributed by atoms with Gasteiger partial charge in [0.1, 0.15) is 0 Å². The summed E-state index contributed by atoms with van der Waals surface area (Å²) in [6, 6.07) is 14.4. The molecule has 0 atom stereocenters. The van der Waals surface area contributed by atoms with E-state index in [4.69, 9.17) is 9.47 Å². The lowest BCUT2D eigenvalue weighted by atomic mass is 10.1. The largest absolute Gasteiger partial charge is 0.493 e. The highest BCUT2D eigenvalue weighted by atomic mass is 127. The van der Waals surface area contributed by atoms with Crippen molar-refractivity contribution in [3.8, 4) is 11.5 Å². The number of methoxy groups -OCH3 is 1. The summed E-state index contributed by atoms with van der Waals surface area (Å²) in [5, 5.41) is 6.68. The molecule has 0 bridgehead atoms. The Kier molecular flexibility index (Phi) is 12.2. The third kappa shape index (κ3) is 8.02. The highest BCUT2D eigenvalue weighted by Gasteiger charge is 2.07. The van der Waals surface area contributed by atoms with Crippen LogP contribution in [0, 0.1) is 0 Å². The van der Waals surface area contributed by atoms with Crippen LogP contribution in [0.1, 0.15) is 31.9 Å². The number of halogens is 1. The highest BCUT2D eigenvalue weighted by molar-refractivity contribution is 14.0. The Balaban J connectivity index is 0.00000450. The molecule has 2 N–H and O–H groups in total. The number of benzene rings is 2. The molecule has 2 rings (SSSR count). The smallest absolute Gasteiger partial charge is 0.195 e. The summed E-state index contributed by atoms with van der Waals surface area (Å²) in [6.45, 7) is 10.7. The predicted octanol–water partition coefficient (Wildman–Crippen LogP) is 4.74. The Bertz CT molecular complexity index is 795. The molecule has 0 aromatic heterocycles. The van der Waals surface area contributed by atoms with E-state index in [-0.39, 0.29) is 24.0 Å². The van der Waals surface area contributed by atoms with Crippen LogP contribution in [-0.2, 0) is 13.1 Å². The fourth-order valence-electron chi connectivity index (χ4n) is 3.07. The van der Waals surface area contributed by atoms with Crippen LogP contribution >= 0.6 is 24.0 Å². The first-order valence-corrected chi connectivity index (χ1v) is 10.2. The summed E-state index contributed by atoms with van der Waals surface area (Å²) in [6.07, 6.45) is 0. The van der Waals surface area contributed by atoms with Gasteiger partial charge in [-0.25, -0.2) is 0 Å². The van der Waals surface area contributed by atoms with Crippen LogP contribution < -0.4 is 20.1 Å². The molecule has 2 aromatic rings. The Hall–Kier alpha value is -2.00. The van der Waals surface area contributed by atoms with Gasteiger partial charge < -0.3 is 20.1 Å². The van der Waals surface area contributed by atoms with E-state index in [1.54, 1.807) is 14.2 Å². The van der Waals surface area contributed by atoms with Gasteiger partial charge in [0.15, 0.2) is 17.5 Å². The van der Waals surface area contributed by atoms with Gasteiger partial charge in [0.05, 0.1) is 13.7 Å². The number of hydrogen-bond donors (Lipinski definition) is 2. The van der Waals surface area contributed by atoms with Gasteiger partial charge in [0.2, 0.25) is 0 Å². The van der Waals surface area contributed by atoms with E-state index in [1.807, 2.05) is 25.1 Å². The molecule has 0 aliphatic carbocycles. The zero-order chi connectivity index (χ0) is 21.1. The van der Waals surface area contributed by atoms with Gasteiger partial charge in [0, 0.05) is 31.9 Å². The van der Waals surface area contributed by atoms with Gasteiger partial charge in [-0.15, -0.1) is 24.0 Å². The average molecular weight is 526 g/mol. The molecule has 0 fully saturated rings.